The molecule has 3 rings (SSSR count). The zero-order valence-electron chi connectivity index (χ0n) is 12.5. The molecule has 0 saturated carbocycles. The van der Waals surface area contributed by atoms with E-state index in [9.17, 15) is 9.90 Å². The van der Waals surface area contributed by atoms with E-state index in [1.807, 2.05) is 6.07 Å². The molecule has 1 aromatic rings. The zero-order valence-corrected chi connectivity index (χ0v) is 12.5. The molecule has 2 aliphatic rings. The second-order valence-corrected chi connectivity index (χ2v) is 6.24. The Morgan fingerprint density at radius 3 is 3.00 bits per heavy atom. The summed E-state index contributed by atoms with van der Waals surface area (Å²) in [5.41, 5.74) is 8.72. The van der Waals surface area contributed by atoms with Crippen LogP contribution in [0.5, 0.6) is 0 Å². The maximum atomic E-state index is 11.6. The Labute approximate surface area is 125 Å². The zero-order chi connectivity index (χ0) is 15.0. The molecule has 2 heterocycles. The molecule has 0 unspecified atom stereocenters. The summed E-state index contributed by atoms with van der Waals surface area (Å²) in [6.07, 6.45) is 5.17. The van der Waals surface area contributed by atoms with Gasteiger partial charge in [0, 0.05) is 24.8 Å². The van der Waals surface area contributed by atoms with Crippen LogP contribution < -0.4 is 10.6 Å². The minimum absolute atomic E-state index is 0.113. The van der Waals surface area contributed by atoms with Gasteiger partial charge in [-0.3, -0.25) is 0 Å². The Balaban J connectivity index is 1.93. The molecular formula is C16H23N3O2. The van der Waals surface area contributed by atoms with Crippen molar-refractivity contribution in [3.8, 4) is 0 Å². The van der Waals surface area contributed by atoms with Crippen LogP contribution in [0.1, 0.15) is 47.8 Å². The van der Waals surface area contributed by atoms with E-state index in [-0.39, 0.29) is 6.04 Å². The van der Waals surface area contributed by atoms with E-state index in [0.29, 0.717) is 23.8 Å². The highest BCUT2D eigenvalue weighted by Gasteiger charge is 2.33. The van der Waals surface area contributed by atoms with Gasteiger partial charge in [0.25, 0.3) is 0 Å². The maximum absolute atomic E-state index is 11.6. The van der Waals surface area contributed by atoms with Crippen molar-refractivity contribution in [1.82, 2.24) is 4.98 Å². The van der Waals surface area contributed by atoms with Crippen LogP contribution >= 0.6 is 0 Å². The lowest BCUT2D eigenvalue weighted by atomic mass is 9.99. The van der Waals surface area contributed by atoms with Gasteiger partial charge in [-0.25, -0.2) is 9.78 Å². The van der Waals surface area contributed by atoms with E-state index in [4.69, 9.17) is 5.73 Å². The molecule has 1 aliphatic heterocycles. The van der Waals surface area contributed by atoms with Crippen LogP contribution in [0.4, 0.5) is 5.82 Å². The molecule has 21 heavy (non-hydrogen) atoms. The van der Waals surface area contributed by atoms with Crippen molar-refractivity contribution in [2.24, 2.45) is 11.7 Å². The predicted octanol–water partition coefficient (Wildman–Crippen LogP) is 1.83. The molecule has 5 heteroatoms. The largest absolute Gasteiger partial charge is 0.478 e. The van der Waals surface area contributed by atoms with Crippen LogP contribution in [-0.4, -0.2) is 35.2 Å². The third-order valence-corrected chi connectivity index (χ3v) is 4.71. The third kappa shape index (κ3) is 2.62. The fraction of sp³-hybridized carbons (Fsp3) is 0.625. The van der Waals surface area contributed by atoms with Crippen molar-refractivity contribution in [3.63, 3.8) is 0 Å². The summed E-state index contributed by atoms with van der Waals surface area (Å²) in [5, 5.41) is 9.49. The number of pyridine rings is 1. The van der Waals surface area contributed by atoms with Gasteiger partial charge in [0.05, 0.1) is 0 Å². The van der Waals surface area contributed by atoms with Gasteiger partial charge >= 0.3 is 5.97 Å². The molecular weight excluding hydrogens is 266 g/mol. The Bertz CT molecular complexity index is 559. The average Bonchev–Trinajstić information content (AvgIpc) is 3.04. The number of fused-ring (bicyclic) bond motifs is 1. The number of aryl methyl sites for hydroxylation is 2. The standard InChI is InChI=1S/C16H23N3O2/c1-2-4-11-8-19(9-13(11)17)15-12(16(20)21)7-10-5-3-6-14(10)18-15/h7,11,13H,2-6,8-9,17H2,1H3,(H,20,21)/t11-,13-/m0/s1. The van der Waals surface area contributed by atoms with Gasteiger partial charge in [-0.2, -0.15) is 0 Å². The predicted molar refractivity (Wildman–Crippen MR) is 81.8 cm³/mol. The fourth-order valence-corrected chi connectivity index (χ4v) is 3.61. The molecule has 0 spiro atoms. The summed E-state index contributed by atoms with van der Waals surface area (Å²) < 4.78 is 0. The Hall–Kier alpha value is -1.62. The van der Waals surface area contributed by atoms with Crippen molar-refractivity contribution in [2.45, 2.75) is 45.1 Å². The van der Waals surface area contributed by atoms with Gasteiger partial charge < -0.3 is 15.7 Å². The average molecular weight is 289 g/mol. The molecule has 0 radical (unpaired) electrons. The second kappa shape index (κ2) is 5.64. The summed E-state index contributed by atoms with van der Waals surface area (Å²) in [4.78, 5) is 18.3. The van der Waals surface area contributed by atoms with Crippen molar-refractivity contribution in [2.75, 3.05) is 18.0 Å². The van der Waals surface area contributed by atoms with E-state index in [0.717, 1.165) is 49.9 Å². The normalized spacial score (nSPS) is 24.4. The van der Waals surface area contributed by atoms with Crippen molar-refractivity contribution < 1.29 is 9.90 Å². The number of carbonyl (C=O) groups is 1. The van der Waals surface area contributed by atoms with Crippen molar-refractivity contribution in [1.29, 1.82) is 0 Å². The third-order valence-electron chi connectivity index (χ3n) is 4.71. The highest BCUT2D eigenvalue weighted by molar-refractivity contribution is 5.93. The molecule has 0 bridgehead atoms. The van der Waals surface area contributed by atoms with E-state index in [2.05, 4.69) is 16.8 Å². The molecule has 1 aliphatic carbocycles. The van der Waals surface area contributed by atoms with E-state index >= 15 is 0 Å². The van der Waals surface area contributed by atoms with Gasteiger partial charge in [0.2, 0.25) is 0 Å². The van der Waals surface area contributed by atoms with Crippen LogP contribution in [0, 0.1) is 5.92 Å². The Morgan fingerprint density at radius 2 is 2.29 bits per heavy atom. The van der Waals surface area contributed by atoms with E-state index < -0.39 is 5.97 Å². The Morgan fingerprint density at radius 1 is 1.48 bits per heavy atom. The number of rotatable bonds is 4. The van der Waals surface area contributed by atoms with Crippen LogP contribution in [0.25, 0.3) is 0 Å². The summed E-state index contributed by atoms with van der Waals surface area (Å²) in [6, 6.07) is 1.94. The minimum Gasteiger partial charge on any atom is -0.478 e. The molecule has 1 aromatic heterocycles. The fourth-order valence-electron chi connectivity index (χ4n) is 3.61. The number of aromatic carboxylic acids is 1. The number of aromatic nitrogens is 1. The van der Waals surface area contributed by atoms with Gasteiger partial charge in [0.15, 0.2) is 0 Å². The van der Waals surface area contributed by atoms with E-state index in [1.165, 1.54) is 0 Å². The molecule has 3 N–H and O–H groups in total. The quantitative estimate of drug-likeness (QED) is 0.884. The molecule has 1 fully saturated rings. The number of carboxylic acids is 1. The van der Waals surface area contributed by atoms with E-state index in [1.54, 1.807) is 0 Å². The monoisotopic (exact) mass is 289 g/mol. The summed E-state index contributed by atoms with van der Waals surface area (Å²) >= 11 is 0. The lowest BCUT2D eigenvalue weighted by molar-refractivity contribution is 0.0697. The van der Waals surface area contributed by atoms with Crippen LogP contribution in [-0.2, 0) is 12.8 Å². The summed E-state index contributed by atoms with van der Waals surface area (Å²) in [6.45, 7) is 3.68. The first-order valence-corrected chi connectivity index (χ1v) is 7.86. The SMILES string of the molecule is CCC[C@H]1CN(c2nc3c(cc2C(=O)O)CCC3)C[C@@H]1N. The lowest BCUT2D eigenvalue weighted by Gasteiger charge is -2.20. The number of anilines is 1. The summed E-state index contributed by atoms with van der Waals surface area (Å²) in [7, 11) is 0. The van der Waals surface area contributed by atoms with Crippen molar-refractivity contribution in [3.05, 3.63) is 22.9 Å². The Kier molecular flexibility index (Phi) is 3.85. The number of nitrogens with zero attached hydrogens (tertiary/aromatic N) is 2. The number of hydrogen-bond donors (Lipinski definition) is 2. The van der Waals surface area contributed by atoms with Gasteiger partial charge in [-0.1, -0.05) is 13.3 Å². The molecule has 0 aromatic carbocycles. The highest BCUT2D eigenvalue weighted by Crippen LogP contribution is 2.31. The van der Waals surface area contributed by atoms with Crippen LogP contribution in [0.3, 0.4) is 0 Å². The lowest BCUT2D eigenvalue weighted by Crippen LogP contribution is -2.30. The minimum atomic E-state index is -0.889. The molecule has 5 nitrogen and oxygen atoms in total. The molecule has 1 saturated heterocycles. The van der Waals surface area contributed by atoms with Crippen LogP contribution in [0.2, 0.25) is 0 Å². The smallest absolute Gasteiger partial charge is 0.339 e. The first-order valence-electron chi connectivity index (χ1n) is 7.86. The van der Waals surface area contributed by atoms with Gasteiger partial charge in [-0.05, 0) is 43.2 Å². The first-order chi connectivity index (χ1) is 10.1. The van der Waals surface area contributed by atoms with Gasteiger partial charge in [-0.15, -0.1) is 0 Å². The molecule has 0 amide bonds. The second-order valence-electron chi connectivity index (χ2n) is 6.24. The topological polar surface area (TPSA) is 79.5 Å². The number of hydrogen-bond acceptors (Lipinski definition) is 4. The molecule has 2 atom stereocenters. The summed E-state index contributed by atoms with van der Waals surface area (Å²) in [5.74, 6) is 0.170. The van der Waals surface area contributed by atoms with Crippen molar-refractivity contribution >= 4 is 11.8 Å². The first kappa shape index (κ1) is 14.3. The highest BCUT2D eigenvalue weighted by atomic mass is 16.4. The van der Waals surface area contributed by atoms with Crippen LogP contribution in [0.15, 0.2) is 6.07 Å². The molecule has 114 valence electrons. The number of carboxylic acid groups (broad SMARTS) is 1. The van der Waals surface area contributed by atoms with Gasteiger partial charge in [0.1, 0.15) is 11.4 Å². The maximum Gasteiger partial charge on any atom is 0.339 e. The number of nitrogens with two attached hydrogens (primary N) is 1.